The zero-order chi connectivity index (χ0) is 49.2. The molecule has 0 aromatic carbocycles. The molecule has 12 aliphatic heterocycles. The third kappa shape index (κ3) is 13.7. The summed E-state index contributed by atoms with van der Waals surface area (Å²) in [7, 11) is 0. The van der Waals surface area contributed by atoms with Gasteiger partial charge >= 0.3 is 0 Å². The quantitative estimate of drug-likeness (QED) is 0.0556. The number of rotatable bonds is 17. The standard InChI is InChI=1S/C46H77N3O19/c1-23(2)11-16-32(52)49(21-47-24(3)12-14-28-26-9-5-7-17-61-43-39(59)35(55)41(30(19-50)65-43)67-45(63-28)37(57)33(26)53)22-48-25(4)13-15-29-27-10-6-8-18-62-44-40(60)36(56)42(31(20-51)66-44)68-46(64-29)38(58)34(27)54/h26-31,33-48,50-51,53-60H,1,3-22H2,2H3. The van der Waals surface area contributed by atoms with Crippen molar-refractivity contribution in [3.63, 3.8) is 0 Å². The molecule has 12 heterocycles. The molecule has 12 aliphatic rings. The zero-order valence-corrected chi connectivity index (χ0v) is 39.0. The third-order valence-corrected chi connectivity index (χ3v) is 14.0. The first-order valence-electron chi connectivity index (χ1n) is 24.1. The number of amides is 1. The van der Waals surface area contributed by atoms with Gasteiger partial charge in [-0.15, -0.1) is 6.58 Å². The van der Waals surface area contributed by atoms with Crippen molar-refractivity contribution in [2.75, 3.05) is 39.8 Å². The van der Waals surface area contributed by atoms with Gasteiger partial charge in [0, 0.05) is 42.9 Å². The molecular formula is C46H77N3O19. The Bertz CT molecular complexity index is 1530. The average molecular weight is 976 g/mol. The van der Waals surface area contributed by atoms with Crippen LogP contribution < -0.4 is 10.6 Å². The SMILES string of the molecule is C=C(C)CCC(=O)N(CNC(=C)CCC1OC2OC3C(CO)OC(OCCCCC1C(O)C2O)C(O)C3O)CNC(=C)CCC1OC2OC3C(CO)OC(OCCCCC1C(O)C2O)C(O)C3O. The smallest absolute Gasteiger partial charge is 0.225 e. The number of carbonyl (C=O) groups excluding carboxylic acids is 1. The zero-order valence-electron chi connectivity index (χ0n) is 39.0. The number of nitrogens with one attached hydrogen (secondary N) is 2. The third-order valence-electron chi connectivity index (χ3n) is 14.0. The van der Waals surface area contributed by atoms with Crippen molar-refractivity contribution in [1.29, 1.82) is 0 Å². The Morgan fingerprint density at radius 3 is 1.31 bits per heavy atom. The number of aliphatic hydroxyl groups excluding tert-OH is 10. The number of ether oxygens (including phenoxy) is 8. The average Bonchev–Trinajstić information content (AvgIpc) is 3.32. The number of hydrogen-bond acceptors (Lipinski definition) is 21. The highest BCUT2D eigenvalue weighted by molar-refractivity contribution is 5.76. The molecule has 0 spiro atoms. The molecule has 22 heteroatoms. The first-order valence-corrected chi connectivity index (χ1v) is 24.1. The van der Waals surface area contributed by atoms with Crippen LogP contribution in [0.4, 0.5) is 0 Å². The van der Waals surface area contributed by atoms with E-state index >= 15 is 0 Å². The highest BCUT2D eigenvalue weighted by Gasteiger charge is 2.53. The first kappa shape index (κ1) is 54.9. The highest BCUT2D eigenvalue weighted by atomic mass is 16.7. The molecule has 68 heavy (non-hydrogen) atoms. The summed E-state index contributed by atoms with van der Waals surface area (Å²) >= 11 is 0. The van der Waals surface area contributed by atoms with Crippen LogP contribution in [0.25, 0.3) is 0 Å². The van der Waals surface area contributed by atoms with Crippen molar-refractivity contribution in [3.05, 3.63) is 36.7 Å². The summed E-state index contributed by atoms with van der Waals surface area (Å²) < 4.78 is 47.2. The molecule has 390 valence electrons. The molecule has 12 saturated heterocycles. The summed E-state index contributed by atoms with van der Waals surface area (Å²) in [6.07, 6.45) is -18.0. The summed E-state index contributed by atoms with van der Waals surface area (Å²) in [4.78, 5) is 15.1. The fraction of sp³-hybridized carbons (Fsp3) is 0.848. The number of hydrogen-bond donors (Lipinski definition) is 12. The van der Waals surface area contributed by atoms with E-state index < -0.39 is 136 Å². The lowest BCUT2D eigenvalue weighted by Gasteiger charge is -2.47. The van der Waals surface area contributed by atoms with Crippen LogP contribution in [0.2, 0.25) is 0 Å². The minimum Gasteiger partial charge on any atom is -0.394 e. The fourth-order valence-corrected chi connectivity index (χ4v) is 9.80. The second-order valence-electron chi connectivity index (χ2n) is 19.1. The molecule has 22 nitrogen and oxygen atoms in total. The topological polar surface area (TPSA) is 321 Å². The van der Waals surface area contributed by atoms with Crippen LogP contribution in [-0.2, 0) is 42.7 Å². The normalized spacial score (nSPS) is 41.3. The molecule has 8 bridgehead atoms. The molecule has 0 aromatic rings. The molecule has 0 radical (unpaired) electrons. The maximum atomic E-state index is 13.6. The second kappa shape index (κ2) is 25.8. The van der Waals surface area contributed by atoms with Crippen LogP contribution in [0.1, 0.15) is 84.0 Å². The summed E-state index contributed by atoms with van der Waals surface area (Å²) in [6, 6.07) is 0. The summed E-state index contributed by atoms with van der Waals surface area (Å²) in [6.45, 7) is 13.4. The van der Waals surface area contributed by atoms with E-state index in [-0.39, 0.29) is 38.9 Å². The highest BCUT2D eigenvalue weighted by Crippen LogP contribution is 2.38. The fourth-order valence-electron chi connectivity index (χ4n) is 9.80. The van der Waals surface area contributed by atoms with Gasteiger partial charge < -0.3 is 104 Å². The minimum atomic E-state index is -1.56. The molecular weight excluding hydrogens is 899 g/mol. The van der Waals surface area contributed by atoms with Crippen LogP contribution in [0.15, 0.2) is 36.7 Å². The van der Waals surface area contributed by atoms with Crippen molar-refractivity contribution in [2.24, 2.45) is 11.8 Å². The maximum Gasteiger partial charge on any atom is 0.225 e. The minimum absolute atomic E-state index is 0.0588. The molecule has 0 aromatic heterocycles. The van der Waals surface area contributed by atoms with E-state index in [4.69, 9.17) is 37.9 Å². The van der Waals surface area contributed by atoms with Crippen molar-refractivity contribution < 1.29 is 93.8 Å². The molecule has 20 unspecified atom stereocenters. The van der Waals surface area contributed by atoms with Gasteiger partial charge in [-0.3, -0.25) is 4.79 Å². The predicted molar refractivity (Wildman–Crippen MR) is 237 cm³/mol. The van der Waals surface area contributed by atoms with Gasteiger partial charge in [-0.05, 0) is 64.7 Å². The van der Waals surface area contributed by atoms with Gasteiger partial charge in [0.15, 0.2) is 25.2 Å². The molecule has 12 N–H and O–H groups in total. The van der Waals surface area contributed by atoms with E-state index in [0.717, 1.165) is 5.57 Å². The molecule has 12 fully saturated rings. The largest absolute Gasteiger partial charge is 0.394 e. The Hall–Kier alpha value is -2.43. The van der Waals surface area contributed by atoms with Gasteiger partial charge in [0.25, 0.3) is 0 Å². The van der Waals surface area contributed by atoms with Crippen LogP contribution >= 0.6 is 0 Å². The van der Waals surface area contributed by atoms with Crippen molar-refractivity contribution in [3.8, 4) is 0 Å². The lowest BCUT2D eigenvalue weighted by atomic mass is 9.83. The van der Waals surface area contributed by atoms with E-state index in [0.29, 0.717) is 82.0 Å². The van der Waals surface area contributed by atoms with E-state index in [9.17, 15) is 55.9 Å². The number of aliphatic hydroxyl groups is 10. The van der Waals surface area contributed by atoms with Crippen molar-refractivity contribution >= 4 is 5.91 Å². The molecule has 1 amide bonds. The molecule has 0 aliphatic carbocycles. The number of carbonyl (C=O) groups is 1. The van der Waals surface area contributed by atoms with Gasteiger partial charge in [0.05, 0.1) is 51.0 Å². The van der Waals surface area contributed by atoms with Gasteiger partial charge in [-0.2, -0.15) is 0 Å². The van der Waals surface area contributed by atoms with Crippen molar-refractivity contribution in [1.82, 2.24) is 15.5 Å². The van der Waals surface area contributed by atoms with E-state index in [2.05, 4.69) is 30.4 Å². The summed E-state index contributed by atoms with van der Waals surface area (Å²) in [5.74, 6) is -1.19. The number of allylic oxidation sites excluding steroid dienone is 3. The summed E-state index contributed by atoms with van der Waals surface area (Å²) in [5, 5.41) is 115. The summed E-state index contributed by atoms with van der Waals surface area (Å²) in [5.41, 5.74) is 1.95. The Balaban J connectivity index is 1.05. The molecule has 12 rings (SSSR count). The Labute approximate surface area is 397 Å². The van der Waals surface area contributed by atoms with Crippen LogP contribution in [0.3, 0.4) is 0 Å². The van der Waals surface area contributed by atoms with Gasteiger partial charge in [0.2, 0.25) is 5.91 Å². The maximum absolute atomic E-state index is 13.6. The first-order chi connectivity index (χ1) is 32.5. The lowest BCUT2D eigenvalue weighted by molar-refractivity contribution is -0.356. The molecule has 0 saturated carbocycles. The number of nitrogens with zero attached hydrogens (tertiary/aromatic N) is 1. The predicted octanol–water partition coefficient (Wildman–Crippen LogP) is -1.97. The van der Waals surface area contributed by atoms with E-state index in [1.165, 1.54) is 0 Å². The lowest BCUT2D eigenvalue weighted by Crippen LogP contribution is -2.63. The second-order valence-corrected chi connectivity index (χ2v) is 19.1. The van der Waals surface area contributed by atoms with E-state index in [1.54, 1.807) is 4.90 Å². The Kier molecular flexibility index (Phi) is 20.8. The van der Waals surface area contributed by atoms with Gasteiger partial charge in [0.1, 0.15) is 61.0 Å². The Morgan fingerprint density at radius 1 is 0.515 bits per heavy atom. The van der Waals surface area contributed by atoms with Crippen LogP contribution in [0, 0.1) is 11.8 Å². The Morgan fingerprint density at radius 2 is 0.912 bits per heavy atom. The van der Waals surface area contributed by atoms with Gasteiger partial charge in [-0.1, -0.05) is 31.6 Å². The monoisotopic (exact) mass is 976 g/mol. The van der Waals surface area contributed by atoms with Gasteiger partial charge in [-0.25, -0.2) is 0 Å². The van der Waals surface area contributed by atoms with E-state index in [1.807, 2.05) is 6.92 Å². The molecule has 20 atom stereocenters. The van der Waals surface area contributed by atoms with Crippen LogP contribution in [0.5, 0.6) is 0 Å². The van der Waals surface area contributed by atoms with Crippen molar-refractivity contribution in [2.45, 2.75) is 195 Å². The van der Waals surface area contributed by atoms with Crippen LogP contribution in [-0.4, -0.2) is 212 Å².